The maximum atomic E-state index is 3.07. The fraction of sp³-hybridized carbons (Fsp3) is 0.250. The number of hydrogen-bond donors (Lipinski definition) is 0. The van der Waals surface area contributed by atoms with Crippen LogP contribution >= 0.6 is 0 Å². The number of hydrogen-bond acceptors (Lipinski definition) is 0. The van der Waals surface area contributed by atoms with E-state index in [0.29, 0.717) is 0 Å². The first kappa shape index (κ1) is 5.36. The highest BCUT2D eigenvalue weighted by atomic mass is 13.9. The summed E-state index contributed by atoms with van der Waals surface area (Å²) in [5, 5.41) is 0. The summed E-state index contributed by atoms with van der Waals surface area (Å²) in [5.74, 6) is 0. The molecule has 0 atom stereocenters. The van der Waals surface area contributed by atoms with Gasteiger partial charge in [-0.1, -0.05) is 12.1 Å². The first-order valence-corrected chi connectivity index (χ1v) is 2.66. The molecule has 0 heteroatoms. The number of benzene rings is 1. The lowest BCUT2D eigenvalue weighted by molar-refractivity contribution is 1.33. The van der Waals surface area contributed by atoms with Gasteiger partial charge in [0.2, 0.25) is 0 Å². The molecular weight excluding hydrogens is 96.1 g/mol. The van der Waals surface area contributed by atoms with Crippen LogP contribution in [0.15, 0.2) is 12.1 Å². The Morgan fingerprint density at radius 2 is 1.38 bits per heavy atom. The largest absolute Gasteiger partial charge is 0.0535 e. The summed E-state index contributed by atoms with van der Waals surface area (Å²) < 4.78 is 0. The van der Waals surface area contributed by atoms with E-state index in [4.69, 9.17) is 0 Å². The van der Waals surface area contributed by atoms with Gasteiger partial charge in [0.25, 0.3) is 0 Å². The molecule has 1 aromatic rings. The van der Waals surface area contributed by atoms with E-state index in [-0.39, 0.29) is 0 Å². The highest BCUT2D eigenvalue weighted by Gasteiger charge is 1.85. The van der Waals surface area contributed by atoms with Crippen molar-refractivity contribution in [3.8, 4) is 0 Å². The molecule has 0 saturated carbocycles. The topological polar surface area (TPSA) is 0 Å². The van der Waals surface area contributed by atoms with Gasteiger partial charge in [-0.2, -0.15) is 0 Å². The number of aryl methyl sites for hydroxylation is 2. The Morgan fingerprint density at radius 3 is 1.62 bits per heavy atom. The molecule has 1 rings (SSSR count). The first-order chi connectivity index (χ1) is 3.80. The van der Waals surface area contributed by atoms with Crippen LogP contribution in [-0.2, 0) is 0 Å². The van der Waals surface area contributed by atoms with Gasteiger partial charge in [0.05, 0.1) is 0 Å². The van der Waals surface area contributed by atoms with Crippen LogP contribution < -0.4 is 0 Å². The summed E-state index contributed by atoms with van der Waals surface area (Å²) in [5.41, 5.74) is 2.38. The third-order valence-corrected chi connectivity index (χ3v) is 1.25. The van der Waals surface area contributed by atoms with Gasteiger partial charge in [0.1, 0.15) is 0 Å². The predicted molar refractivity (Wildman–Crippen MR) is 33.6 cm³/mol. The van der Waals surface area contributed by atoms with Crippen LogP contribution in [-0.4, -0.2) is 0 Å². The standard InChI is InChI=1S/C8H8/c1-7-5-3-4-6-8(7)2/h3-4H,1-2H3. The molecule has 0 amide bonds. The monoisotopic (exact) mass is 104 g/mol. The Morgan fingerprint density at radius 1 is 1.00 bits per heavy atom. The lowest BCUT2D eigenvalue weighted by atomic mass is 10.1. The summed E-state index contributed by atoms with van der Waals surface area (Å²) in [6.45, 7) is 4.07. The highest BCUT2D eigenvalue weighted by molar-refractivity contribution is 5.20. The molecule has 8 heavy (non-hydrogen) atoms. The van der Waals surface area contributed by atoms with Gasteiger partial charge < -0.3 is 0 Å². The molecule has 0 bridgehead atoms. The number of rotatable bonds is 0. The molecule has 0 saturated heterocycles. The third-order valence-electron chi connectivity index (χ3n) is 1.25. The Labute approximate surface area is 50.2 Å². The lowest BCUT2D eigenvalue weighted by Gasteiger charge is -1.92. The van der Waals surface area contributed by atoms with Crippen molar-refractivity contribution in [3.05, 3.63) is 35.4 Å². The van der Waals surface area contributed by atoms with Crippen LogP contribution in [0.5, 0.6) is 0 Å². The molecule has 0 aliphatic heterocycles. The average Bonchev–Trinajstić information content (AvgIpc) is 1.77. The van der Waals surface area contributed by atoms with Crippen molar-refractivity contribution < 1.29 is 0 Å². The Balaban J connectivity index is 3.13. The van der Waals surface area contributed by atoms with Crippen LogP contribution in [0, 0.1) is 26.0 Å². The maximum absolute atomic E-state index is 3.07. The van der Waals surface area contributed by atoms with Crippen LogP contribution in [0.25, 0.3) is 0 Å². The zero-order valence-corrected chi connectivity index (χ0v) is 5.15. The van der Waals surface area contributed by atoms with Gasteiger partial charge in [-0.05, 0) is 37.1 Å². The second kappa shape index (κ2) is 1.99. The second-order valence-electron chi connectivity index (χ2n) is 1.87. The van der Waals surface area contributed by atoms with E-state index in [1.54, 1.807) is 0 Å². The fourth-order valence-corrected chi connectivity index (χ4v) is 0.550. The Bertz CT molecular complexity index is 156. The van der Waals surface area contributed by atoms with E-state index in [2.05, 4.69) is 12.1 Å². The summed E-state index contributed by atoms with van der Waals surface area (Å²) in [6, 6.07) is 9.89. The molecule has 0 fully saturated rings. The van der Waals surface area contributed by atoms with Gasteiger partial charge in [0, 0.05) is 0 Å². The molecule has 0 aliphatic rings. The van der Waals surface area contributed by atoms with Crippen LogP contribution in [0.1, 0.15) is 11.1 Å². The molecular formula is C8H8. The van der Waals surface area contributed by atoms with Gasteiger partial charge in [-0.3, -0.25) is 0 Å². The van der Waals surface area contributed by atoms with Crippen molar-refractivity contribution in [2.75, 3.05) is 0 Å². The van der Waals surface area contributed by atoms with Crippen LogP contribution in [0.4, 0.5) is 0 Å². The van der Waals surface area contributed by atoms with Crippen molar-refractivity contribution in [1.82, 2.24) is 0 Å². The van der Waals surface area contributed by atoms with Crippen molar-refractivity contribution in [1.29, 1.82) is 0 Å². The molecule has 0 spiro atoms. The summed E-state index contributed by atoms with van der Waals surface area (Å²) in [6.07, 6.45) is 0. The SMILES string of the molecule is Cc1[c]cc[c]c1C. The summed E-state index contributed by atoms with van der Waals surface area (Å²) >= 11 is 0. The highest BCUT2D eigenvalue weighted by Crippen LogP contribution is 2.00. The van der Waals surface area contributed by atoms with Gasteiger partial charge >= 0.3 is 0 Å². The Hall–Kier alpha value is -0.780. The fourth-order valence-electron chi connectivity index (χ4n) is 0.550. The molecule has 0 aromatic heterocycles. The van der Waals surface area contributed by atoms with Gasteiger partial charge in [-0.25, -0.2) is 0 Å². The van der Waals surface area contributed by atoms with E-state index in [1.165, 1.54) is 11.1 Å². The second-order valence-corrected chi connectivity index (χ2v) is 1.87. The zero-order valence-electron chi connectivity index (χ0n) is 5.15. The van der Waals surface area contributed by atoms with E-state index in [0.717, 1.165) is 0 Å². The quantitative estimate of drug-likeness (QED) is 0.471. The predicted octanol–water partition coefficient (Wildman–Crippen LogP) is 1.90. The van der Waals surface area contributed by atoms with Gasteiger partial charge in [-0.15, -0.1) is 0 Å². The van der Waals surface area contributed by atoms with E-state index >= 15 is 0 Å². The zero-order chi connectivity index (χ0) is 5.98. The minimum absolute atomic E-state index is 1.19. The molecule has 0 unspecified atom stereocenters. The van der Waals surface area contributed by atoms with Crippen LogP contribution in [0.3, 0.4) is 0 Å². The minimum Gasteiger partial charge on any atom is -0.0535 e. The lowest BCUT2D eigenvalue weighted by Crippen LogP contribution is -1.76. The first-order valence-electron chi connectivity index (χ1n) is 2.66. The van der Waals surface area contributed by atoms with Crippen molar-refractivity contribution >= 4 is 0 Å². The normalized spacial score (nSPS) is 9.25. The van der Waals surface area contributed by atoms with E-state index < -0.39 is 0 Å². The third kappa shape index (κ3) is 0.890. The van der Waals surface area contributed by atoms with Gasteiger partial charge in [0.15, 0.2) is 0 Å². The van der Waals surface area contributed by atoms with Crippen molar-refractivity contribution in [2.45, 2.75) is 13.8 Å². The summed E-state index contributed by atoms with van der Waals surface area (Å²) in [4.78, 5) is 0. The molecule has 0 aliphatic carbocycles. The Kier molecular flexibility index (Phi) is 1.34. The van der Waals surface area contributed by atoms with Crippen molar-refractivity contribution in [2.24, 2.45) is 0 Å². The van der Waals surface area contributed by atoms with E-state index in [9.17, 15) is 0 Å². The maximum Gasteiger partial charge on any atom is -0.0149 e. The molecule has 1 aromatic carbocycles. The average molecular weight is 104 g/mol. The smallest absolute Gasteiger partial charge is 0.0149 e. The molecule has 0 heterocycles. The minimum atomic E-state index is 1.19. The van der Waals surface area contributed by atoms with E-state index in [1.807, 2.05) is 26.0 Å². The summed E-state index contributed by atoms with van der Waals surface area (Å²) in [7, 11) is 0. The molecule has 0 N–H and O–H groups in total. The van der Waals surface area contributed by atoms with Crippen molar-refractivity contribution in [3.63, 3.8) is 0 Å². The van der Waals surface area contributed by atoms with Crippen LogP contribution in [0.2, 0.25) is 0 Å². The molecule has 40 valence electrons. The molecule has 0 nitrogen and oxygen atoms in total. The molecule has 2 radical (unpaired) electrons.